The van der Waals surface area contributed by atoms with E-state index in [1.165, 1.54) is 31.3 Å². The number of hydrogen-bond acceptors (Lipinski definition) is 4. The molecule has 9 aromatic rings. The Kier molecular flexibility index (Phi) is 7.03. The smallest absolute Gasteiger partial charge is 0.199 e. The van der Waals surface area contributed by atoms with Gasteiger partial charge < -0.3 is 15.1 Å². The van der Waals surface area contributed by atoms with E-state index in [4.69, 9.17) is 10.2 Å². The van der Waals surface area contributed by atoms with Crippen LogP contribution in [0.25, 0.3) is 64.5 Å². The van der Waals surface area contributed by atoms with Crippen LogP contribution in [0, 0.1) is 6.92 Å². The standard InChI is InChI=1S/C45H32N2OS/c1-29-18-19-33(28-38(29)43-36-12-5-7-15-40(36)48-45(43)46)32-22-26-35(27-23-32)47(34-24-20-31(21-25-34)30-10-3-2-4-11-30)39-14-9-17-42-44(39)37-13-6-8-16-41(37)49-42/h2-28H,46H2,1H3. The van der Waals surface area contributed by atoms with E-state index in [0.29, 0.717) is 5.88 Å². The van der Waals surface area contributed by atoms with Gasteiger partial charge in [-0.05, 0) is 94.9 Å². The molecule has 49 heavy (non-hydrogen) atoms. The van der Waals surface area contributed by atoms with E-state index in [2.05, 4.69) is 157 Å². The first-order valence-electron chi connectivity index (χ1n) is 16.5. The number of hydrogen-bond donors (Lipinski definition) is 1. The Hall–Kier alpha value is -6.10. The van der Waals surface area contributed by atoms with E-state index < -0.39 is 0 Å². The van der Waals surface area contributed by atoms with Crippen LogP contribution in [0.3, 0.4) is 0 Å². The molecule has 0 unspecified atom stereocenters. The van der Waals surface area contributed by atoms with Gasteiger partial charge in [0, 0.05) is 36.9 Å². The highest BCUT2D eigenvalue weighted by molar-refractivity contribution is 7.26. The maximum absolute atomic E-state index is 6.44. The summed E-state index contributed by atoms with van der Waals surface area (Å²) in [6.07, 6.45) is 0. The number of benzene rings is 7. The van der Waals surface area contributed by atoms with Crippen LogP contribution in [-0.4, -0.2) is 0 Å². The number of para-hydroxylation sites is 1. The van der Waals surface area contributed by atoms with Crippen molar-refractivity contribution in [2.45, 2.75) is 6.92 Å². The molecule has 0 amide bonds. The maximum Gasteiger partial charge on any atom is 0.199 e. The molecule has 2 aromatic heterocycles. The second-order valence-corrected chi connectivity index (χ2v) is 13.5. The highest BCUT2D eigenvalue weighted by Gasteiger charge is 2.20. The number of nitrogens with zero attached hydrogens (tertiary/aromatic N) is 1. The van der Waals surface area contributed by atoms with Crippen molar-refractivity contribution in [1.29, 1.82) is 0 Å². The molecule has 0 fully saturated rings. The predicted octanol–water partition coefficient (Wildman–Crippen LogP) is 13.2. The van der Waals surface area contributed by atoms with Crippen LogP contribution in [0.1, 0.15) is 5.56 Å². The lowest BCUT2D eigenvalue weighted by Crippen LogP contribution is -2.10. The second-order valence-electron chi connectivity index (χ2n) is 12.4. The number of rotatable bonds is 6. The zero-order valence-corrected chi connectivity index (χ0v) is 27.7. The summed E-state index contributed by atoms with van der Waals surface area (Å²) in [6, 6.07) is 58.3. The van der Waals surface area contributed by atoms with Crippen molar-refractivity contribution >= 4 is 65.4 Å². The summed E-state index contributed by atoms with van der Waals surface area (Å²) in [5.41, 5.74) is 18.5. The number of anilines is 4. The molecule has 0 aliphatic rings. The monoisotopic (exact) mass is 648 g/mol. The van der Waals surface area contributed by atoms with Crippen LogP contribution < -0.4 is 10.6 Å². The molecule has 0 aliphatic heterocycles. The molecule has 2 heterocycles. The zero-order chi connectivity index (χ0) is 32.9. The summed E-state index contributed by atoms with van der Waals surface area (Å²) < 4.78 is 8.51. The molecule has 0 saturated heterocycles. The van der Waals surface area contributed by atoms with Crippen molar-refractivity contribution in [3.05, 3.63) is 169 Å². The maximum atomic E-state index is 6.44. The molecule has 9 rings (SSSR count). The van der Waals surface area contributed by atoms with E-state index in [-0.39, 0.29) is 0 Å². The van der Waals surface area contributed by atoms with Gasteiger partial charge in [-0.1, -0.05) is 109 Å². The SMILES string of the molecule is Cc1ccc(-c2ccc(N(c3ccc(-c4ccccc4)cc3)c3cccc4sc5ccccc5c34)cc2)cc1-c1c(N)oc2ccccc12. The lowest BCUT2D eigenvalue weighted by molar-refractivity contribution is 0.638. The lowest BCUT2D eigenvalue weighted by atomic mass is 9.94. The van der Waals surface area contributed by atoms with Gasteiger partial charge in [0.25, 0.3) is 0 Å². The van der Waals surface area contributed by atoms with Crippen molar-refractivity contribution in [2.24, 2.45) is 0 Å². The predicted molar refractivity (Wildman–Crippen MR) is 209 cm³/mol. The average Bonchev–Trinajstić information content (AvgIpc) is 3.70. The largest absolute Gasteiger partial charge is 0.440 e. The topological polar surface area (TPSA) is 42.4 Å². The number of fused-ring (bicyclic) bond motifs is 4. The Morgan fingerprint density at radius 2 is 1.12 bits per heavy atom. The summed E-state index contributed by atoms with van der Waals surface area (Å²) in [5, 5.41) is 3.57. The van der Waals surface area contributed by atoms with Crippen molar-refractivity contribution < 1.29 is 4.42 Å². The fourth-order valence-electron chi connectivity index (χ4n) is 7.02. The molecule has 0 spiro atoms. The van der Waals surface area contributed by atoms with E-state index in [1.807, 2.05) is 29.5 Å². The van der Waals surface area contributed by atoms with E-state index in [9.17, 15) is 0 Å². The molecular weight excluding hydrogens is 617 g/mol. The summed E-state index contributed by atoms with van der Waals surface area (Å²) in [6.45, 7) is 2.12. The number of furan rings is 1. The number of aryl methyl sites for hydroxylation is 1. The first-order valence-corrected chi connectivity index (χ1v) is 17.3. The minimum Gasteiger partial charge on any atom is -0.440 e. The van der Waals surface area contributed by atoms with Crippen molar-refractivity contribution in [2.75, 3.05) is 10.6 Å². The Balaban J connectivity index is 1.16. The van der Waals surface area contributed by atoms with E-state index in [0.717, 1.165) is 55.8 Å². The van der Waals surface area contributed by atoms with Crippen LogP contribution in [0.2, 0.25) is 0 Å². The first-order chi connectivity index (χ1) is 24.1. The Morgan fingerprint density at radius 1 is 0.531 bits per heavy atom. The minimum absolute atomic E-state index is 0.445. The summed E-state index contributed by atoms with van der Waals surface area (Å²) >= 11 is 1.84. The highest BCUT2D eigenvalue weighted by Crippen LogP contribution is 2.46. The first kappa shape index (κ1) is 29.1. The molecule has 7 aromatic carbocycles. The highest BCUT2D eigenvalue weighted by atomic mass is 32.1. The van der Waals surface area contributed by atoms with E-state index in [1.54, 1.807) is 0 Å². The molecule has 4 heteroatoms. The second kappa shape index (κ2) is 11.9. The molecule has 3 nitrogen and oxygen atoms in total. The van der Waals surface area contributed by atoms with Gasteiger partial charge in [-0.2, -0.15) is 0 Å². The van der Waals surface area contributed by atoms with E-state index >= 15 is 0 Å². The van der Waals surface area contributed by atoms with Gasteiger partial charge in [-0.25, -0.2) is 0 Å². The van der Waals surface area contributed by atoms with Gasteiger partial charge in [0.2, 0.25) is 0 Å². The normalized spacial score (nSPS) is 11.4. The summed E-state index contributed by atoms with van der Waals surface area (Å²) in [7, 11) is 0. The molecular formula is C45H32N2OS. The molecule has 0 saturated carbocycles. The molecule has 0 aliphatic carbocycles. The quantitative estimate of drug-likeness (QED) is 0.195. The van der Waals surface area contributed by atoms with Crippen LogP contribution >= 0.6 is 11.3 Å². The lowest BCUT2D eigenvalue weighted by Gasteiger charge is -2.27. The third kappa shape index (κ3) is 5.05. The van der Waals surface area contributed by atoms with Crippen LogP contribution in [0.4, 0.5) is 22.9 Å². The van der Waals surface area contributed by atoms with Gasteiger partial charge in [-0.15, -0.1) is 11.3 Å². The van der Waals surface area contributed by atoms with Crippen LogP contribution in [0.5, 0.6) is 0 Å². The van der Waals surface area contributed by atoms with Crippen molar-refractivity contribution in [1.82, 2.24) is 0 Å². The summed E-state index contributed by atoms with van der Waals surface area (Å²) in [4.78, 5) is 2.39. The van der Waals surface area contributed by atoms with Gasteiger partial charge in [-0.3, -0.25) is 0 Å². The zero-order valence-electron chi connectivity index (χ0n) is 26.9. The number of thiophene rings is 1. The number of nitrogens with two attached hydrogens (primary N) is 1. The minimum atomic E-state index is 0.445. The Bertz CT molecular complexity index is 2620. The molecule has 0 radical (unpaired) electrons. The van der Waals surface area contributed by atoms with Gasteiger partial charge in [0.05, 0.1) is 11.3 Å². The Morgan fingerprint density at radius 3 is 1.88 bits per heavy atom. The van der Waals surface area contributed by atoms with Crippen molar-refractivity contribution in [3.8, 4) is 33.4 Å². The van der Waals surface area contributed by atoms with Gasteiger partial charge in [0.15, 0.2) is 5.88 Å². The third-order valence-corrected chi connectivity index (χ3v) is 10.6. The fraction of sp³-hybridized carbons (Fsp3) is 0.0222. The average molecular weight is 649 g/mol. The van der Waals surface area contributed by atoms with Gasteiger partial charge >= 0.3 is 0 Å². The van der Waals surface area contributed by atoms with Crippen LogP contribution in [-0.2, 0) is 0 Å². The molecule has 234 valence electrons. The third-order valence-electron chi connectivity index (χ3n) is 9.44. The number of nitrogen functional groups attached to an aromatic ring is 1. The van der Waals surface area contributed by atoms with Crippen molar-refractivity contribution in [3.63, 3.8) is 0 Å². The summed E-state index contributed by atoms with van der Waals surface area (Å²) in [5.74, 6) is 0.445. The molecule has 0 bridgehead atoms. The van der Waals surface area contributed by atoms with Crippen LogP contribution in [0.15, 0.2) is 168 Å². The molecule has 2 N–H and O–H groups in total. The Labute approximate surface area is 289 Å². The fourth-order valence-corrected chi connectivity index (χ4v) is 8.15. The van der Waals surface area contributed by atoms with Gasteiger partial charge in [0.1, 0.15) is 5.58 Å². The molecule has 0 atom stereocenters.